The summed E-state index contributed by atoms with van der Waals surface area (Å²) < 4.78 is 13.4. The molecule has 2 aromatic rings. The molecule has 0 radical (unpaired) electrons. The standard InChI is InChI=1S/C12H7Cl2FN2S/c13-8-2-1-6(3-9(8)15)12-16-10-5-18-4-7(10)11(14)17-12/h1-3H,4-5H2. The van der Waals surface area contributed by atoms with E-state index in [1.165, 1.54) is 12.1 Å². The zero-order chi connectivity index (χ0) is 12.7. The molecule has 0 fully saturated rings. The lowest BCUT2D eigenvalue weighted by Gasteiger charge is -2.05. The van der Waals surface area contributed by atoms with Gasteiger partial charge in [-0.25, -0.2) is 14.4 Å². The fourth-order valence-electron chi connectivity index (χ4n) is 1.78. The monoisotopic (exact) mass is 300 g/mol. The third kappa shape index (κ3) is 2.09. The first-order valence-corrected chi connectivity index (χ1v) is 7.14. The van der Waals surface area contributed by atoms with Crippen molar-refractivity contribution in [2.75, 3.05) is 0 Å². The zero-order valence-corrected chi connectivity index (χ0v) is 11.4. The van der Waals surface area contributed by atoms with Crippen molar-refractivity contribution >= 4 is 35.0 Å². The molecule has 92 valence electrons. The first kappa shape index (κ1) is 12.2. The molecule has 6 heteroatoms. The van der Waals surface area contributed by atoms with Crippen LogP contribution in [0, 0.1) is 5.82 Å². The van der Waals surface area contributed by atoms with Crippen LogP contribution in [0.4, 0.5) is 4.39 Å². The maximum atomic E-state index is 13.4. The second-order valence-corrected chi connectivity index (χ2v) is 5.64. The lowest BCUT2D eigenvalue weighted by atomic mass is 10.2. The Morgan fingerprint density at radius 2 is 2.00 bits per heavy atom. The summed E-state index contributed by atoms with van der Waals surface area (Å²) in [6.45, 7) is 0. The predicted octanol–water partition coefficient (Wildman–Crippen LogP) is 4.34. The molecule has 1 aromatic carbocycles. The highest BCUT2D eigenvalue weighted by Gasteiger charge is 2.19. The molecule has 0 amide bonds. The summed E-state index contributed by atoms with van der Waals surface area (Å²) in [6, 6.07) is 4.50. The molecule has 0 unspecified atom stereocenters. The van der Waals surface area contributed by atoms with Gasteiger partial charge in [0, 0.05) is 22.6 Å². The molecule has 0 saturated carbocycles. The Morgan fingerprint density at radius 3 is 2.78 bits per heavy atom. The van der Waals surface area contributed by atoms with Gasteiger partial charge in [0.05, 0.1) is 10.7 Å². The van der Waals surface area contributed by atoms with Crippen LogP contribution >= 0.6 is 35.0 Å². The number of aromatic nitrogens is 2. The second kappa shape index (κ2) is 4.68. The molecule has 3 rings (SSSR count). The van der Waals surface area contributed by atoms with E-state index in [9.17, 15) is 4.39 Å². The van der Waals surface area contributed by atoms with E-state index < -0.39 is 5.82 Å². The average Bonchev–Trinajstić information content (AvgIpc) is 2.81. The Balaban J connectivity index is 2.12. The fraction of sp³-hybridized carbons (Fsp3) is 0.167. The predicted molar refractivity (Wildman–Crippen MR) is 72.4 cm³/mol. The molecule has 1 aromatic heterocycles. The van der Waals surface area contributed by atoms with Crippen molar-refractivity contribution in [1.29, 1.82) is 0 Å². The molecule has 2 heterocycles. The molecule has 0 aliphatic carbocycles. The van der Waals surface area contributed by atoms with Crippen LogP contribution in [0.1, 0.15) is 11.3 Å². The zero-order valence-electron chi connectivity index (χ0n) is 9.08. The van der Waals surface area contributed by atoms with Gasteiger partial charge in [0.1, 0.15) is 11.0 Å². The van der Waals surface area contributed by atoms with E-state index in [4.69, 9.17) is 23.2 Å². The summed E-state index contributed by atoms with van der Waals surface area (Å²) in [5, 5.41) is 0.539. The molecule has 0 bridgehead atoms. The van der Waals surface area contributed by atoms with Crippen LogP contribution in [0.25, 0.3) is 11.4 Å². The number of rotatable bonds is 1. The van der Waals surface area contributed by atoms with Gasteiger partial charge in [-0.3, -0.25) is 0 Å². The van der Waals surface area contributed by atoms with Crippen molar-refractivity contribution in [3.8, 4) is 11.4 Å². The largest absolute Gasteiger partial charge is 0.232 e. The first-order chi connectivity index (χ1) is 8.65. The normalized spacial score (nSPS) is 13.7. The quantitative estimate of drug-likeness (QED) is 0.733. The summed E-state index contributed by atoms with van der Waals surface area (Å²) in [5.74, 6) is 1.62. The second-order valence-electron chi connectivity index (χ2n) is 3.88. The van der Waals surface area contributed by atoms with Crippen molar-refractivity contribution in [3.63, 3.8) is 0 Å². The van der Waals surface area contributed by atoms with Crippen LogP contribution in [0.3, 0.4) is 0 Å². The van der Waals surface area contributed by atoms with Gasteiger partial charge >= 0.3 is 0 Å². The molecule has 0 saturated heterocycles. The van der Waals surface area contributed by atoms with E-state index in [0.29, 0.717) is 16.5 Å². The van der Waals surface area contributed by atoms with Gasteiger partial charge < -0.3 is 0 Å². The van der Waals surface area contributed by atoms with Gasteiger partial charge in [0.15, 0.2) is 5.82 Å². The smallest absolute Gasteiger partial charge is 0.161 e. The van der Waals surface area contributed by atoms with Crippen molar-refractivity contribution in [3.05, 3.63) is 45.4 Å². The molecule has 1 aliphatic rings. The molecule has 0 spiro atoms. The molecule has 0 atom stereocenters. The van der Waals surface area contributed by atoms with Gasteiger partial charge in [-0.15, -0.1) is 0 Å². The third-order valence-electron chi connectivity index (χ3n) is 2.71. The SMILES string of the molecule is Fc1cc(-c2nc(Cl)c3c(n2)CSC3)ccc1Cl. The number of thioether (sulfide) groups is 1. The van der Waals surface area contributed by atoms with Crippen LogP contribution in [0.5, 0.6) is 0 Å². The Bertz CT molecular complexity index is 634. The van der Waals surface area contributed by atoms with E-state index in [0.717, 1.165) is 22.8 Å². The van der Waals surface area contributed by atoms with E-state index in [1.807, 2.05) is 0 Å². The Morgan fingerprint density at radius 1 is 1.17 bits per heavy atom. The number of halogens is 3. The summed E-state index contributed by atoms with van der Waals surface area (Å²) in [7, 11) is 0. The highest BCUT2D eigenvalue weighted by atomic mass is 35.5. The summed E-state index contributed by atoms with van der Waals surface area (Å²) in [5.41, 5.74) is 2.50. The minimum absolute atomic E-state index is 0.0848. The van der Waals surface area contributed by atoms with Crippen LogP contribution in [-0.4, -0.2) is 9.97 Å². The highest BCUT2D eigenvalue weighted by Crippen LogP contribution is 2.34. The third-order valence-corrected chi connectivity index (χ3v) is 4.29. The van der Waals surface area contributed by atoms with Crippen molar-refractivity contribution in [2.45, 2.75) is 11.5 Å². The van der Waals surface area contributed by atoms with Crippen LogP contribution < -0.4 is 0 Å². The van der Waals surface area contributed by atoms with Crippen LogP contribution in [-0.2, 0) is 11.5 Å². The molecular formula is C12H7Cl2FN2S. The number of hydrogen-bond donors (Lipinski definition) is 0. The summed E-state index contributed by atoms with van der Waals surface area (Å²) in [6.07, 6.45) is 0. The molecule has 1 aliphatic heterocycles. The maximum absolute atomic E-state index is 13.4. The average molecular weight is 301 g/mol. The van der Waals surface area contributed by atoms with E-state index >= 15 is 0 Å². The highest BCUT2D eigenvalue weighted by molar-refractivity contribution is 7.98. The topological polar surface area (TPSA) is 25.8 Å². The Kier molecular flexibility index (Phi) is 3.18. The molecule has 18 heavy (non-hydrogen) atoms. The van der Waals surface area contributed by atoms with Gasteiger partial charge in [-0.2, -0.15) is 11.8 Å². The first-order valence-electron chi connectivity index (χ1n) is 5.23. The van der Waals surface area contributed by atoms with Gasteiger partial charge in [0.25, 0.3) is 0 Å². The minimum Gasteiger partial charge on any atom is -0.232 e. The van der Waals surface area contributed by atoms with E-state index in [1.54, 1.807) is 17.8 Å². The molecule has 0 N–H and O–H groups in total. The summed E-state index contributed by atoms with van der Waals surface area (Å²) >= 11 is 13.5. The molecular weight excluding hydrogens is 294 g/mol. The Hall–Kier alpha value is -0.840. The Labute approximate surface area is 118 Å². The summed E-state index contributed by atoms with van der Waals surface area (Å²) in [4.78, 5) is 8.65. The minimum atomic E-state index is -0.483. The van der Waals surface area contributed by atoms with Gasteiger partial charge in [-0.1, -0.05) is 23.2 Å². The van der Waals surface area contributed by atoms with Gasteiger partial charge in [-0.05, 0) is 18.2 Å². The van der Waals surface area contributed by atoms with Crippen LogP contribution in [0.15, 0.2) is 18.2 Å². The molecule has 2 nitrogen and oxygen atoms in total. The number of benzene rings is 1. The van der Waals surface area contributed by atoms with E-state index in [-0.39, 0.29) is 5.02 Å². The van der Waals surface area contributed by atoms with Crippen molar-refractivity contribution in [2.24, 2.45) is 0 Å². The van der Waals surface area contributed by atoms with E-state index in [2.05, 4.69) is 9.97 Å². The van der Waals surface area contributed by atoms with Crippen molar-refractivity contribution in [1.82, 2.24) is 9.97 Å². The number of fused-ring (bicyclic) bond motifs is 1. The van der Waals surface area contributed by atoms with Gasteiger partial charge in [0.2, 0.25) is 0 Å². The fourth-order valence-corrected chi connectivity index (χ4v) is 3.27. The lowest BCUT2D eigenvalue weighted by molar-refractivity contribution is 0.628. The number of hydrogen-bond acceptors (Lipinski definition) is 3. The number of nitrogens with zero attached hydrogens (tertiary/aromatic N) is 2. The van der Waals surface area contributed by atoms with Crippen LogP contribution in [0.2, 0.25) is 10.2 Å². The maximum Gasteiger partial charge on any atom is 0.161 e. The van der Waals surface area contributed by atoms with Crippen molar-refractivity contribution < 1.29 is 4.39 Å². The lowest BCUT2D eigenvalue weighted by Crippen LogP contribution is -1.97.